The van der Waals surface area contributed by atoms with E-state index in [-0.39, 0.29) is 5.91 Å². The Morgan fingerprint density at radius 3 is 3.05 bits per heavy atom. The number of aromatic amines is 1. The smallest absolute Gasteiger partial charge is 0.252 e. The summed E-state index contributed by atoms with van der Waals surface area (Å²) in [6.07, 6.45) is 3.99. The molecule has 21 heavy (non-hydrogen) atoms. The second-order valence-corrected chi connectivity index (χ2v) is 4.92. The normalized spacial score (nSPS) is 10.7. The van der Waals surface area contributed by atoms with E-state index in [0.29, 0.717) is 12.1 Å². The van der Waals surface area contributed by atoms with Gasteiger partial charge in [-0.2, -0.15) is 0 Å². The maximum atomic E-state index is 11.9. The molecule has 106 valence electrons. The monoisotopic (exact) mass is 280 g/mol. The lowest BCUT2D eigenvalue weighted by molar-refractivity contribution is 0.0954. The Morgan fingerprint density at radius 1 is 1.33 bits per heavy atom. The largest absolute Gasteiger partial charge is 0.352 e. The van der Waals surface area contributed by atoms with Crippen molar-refractivity contribution in [3.05, 3.63) is 59.7 Å². The highest BCUT2D eigenvalue weighted by molar-refractivity contribution is 5.93. The number of carbonyl (C=O) groups is 1. The van der Waals surface area contributed by atoms with Crippen molar-refractivity contribution >= 4 is 16.9 Å². The van der Waals surface area contributed by atoms with Gasteiger partial charge in [-0.3, -0.25) is 9.78 Å². The van der Waals surface area contributed by atoms with Crippen molar-refractivity contribution in [2.24, 2.45) is 0 Å². The average Bonchev–Trinajstić information content (AvgIpc) is 2.87. The number of rotatable bonds is 4. The van der Waals surface area contributed by atoms with Crippen molar-refractivity contribution in [2.45, 2.75) is 13.3 Å². The molecule has 0 saturated carbocycles. The van der Waals surface area contributed by atoms with Gasteiger partial charge in [-0.25, -0.2) is 4.98 Å². The van der Waals surface area contributed by atoms with Crippen LogP contribution in [0.3, 0.4) is 0 Å². The summed E-state index contributed by atoms with van der Waals surface area (Å²) in [4.78, 5) is 23.4. The third kappa shape index (κ3) is 3.08. The minimum Gasteiger partial charge on any atom is -0.352 e. The first-order chi connectivity index (χ1) is 10.2. The van der Waals surface area contributed by atoms with Crippen LogP contribution >= 0.6 is 0 Å². The molecule has 3 rings (SSSR count). The number of aromatic nitrogens is 3. The fourth-order valence-electron chi connectivity index (χ4n) is 2.26. The lowest BCUT2D eigenvalue weighted by Crippen LogP contribution is -2.25. The average molecular weight is 280 g/mol. The highest BCUT2D eigenvalue weighted by atomic mass is 16.1. The van der Waals surface area contributed by atoms with Crippen LogP contribution in [0, 0.1) is 6.92 Å². The van der Waals surface area contributed by atoms with Crippen LogP contribution in [-0.4, -0.2) is 27.4 Å². The molecule has 0 bridgehead atoms. The van der Waals surface area contributed by atoms with Crippen molar-refractivity contribution in [1.29, 1.82) is 0 Å². The molecule has 0 aliphatic rings. The first-order valence-corrected chi connectivity index (χ1v) is 6.86. The van der Waals surface area contributed by atoms with Crippen LogP contribution in [0.25, 0.3) is 11.0 Å². The molecule has 0 aliphatic heterocycles. The predicted molar refractivity (Wildman–Crippen MR) is 81.1 cm³/mol. The highest BCUT2D eigenvalue weighted by Gasteiger charge is 2.05. The molecule has 5 nitrogen and oxygen atoms in total. The molecular formula is C16H16N4O. The zero-order valence-electron chi connectivity index (χ0n) is 11.8. The lowest BCUT2D eigenvalue weighted by atomic mass is 10.1. The molecule has 5 heteroatoms. The fourth-order valence-corrected chi connectivity index (χ4v) is 2.26. The molecule has 0 unspecified atom stereocenters. The van der Waals surface area contributed by atoms with E-state index in [0.717, 1.165) is 28.8 Å². The van der Waals surface area contributed by atoms with Gasteiger partial charge in [0, 0.05) is 18.9 Å². The lowest BCUT2D eigenvalue weighted by Gasteiger charge is -2.05. The first kappa shape index (κ1) is 13.3. The number of benzene rings is 1. The van der Waals surface area contributed by atoms with Crippen LogP contribution in [0.4, 0.5) is 0 Å². The molecule has 0 radical (unpaired) electrons. The summed E-state index contributed by atoms with van der Waals surface area (Å²) in [5, 5.41) is 2.90. The van der Waals surface area contributed by atoms with Crippen LogP contribution in [0.5, 0.6) is 0 Å². The van der Waals surface area contributed by atoms with E-state index in [1.807, 2.05) is 19.1 Å². The molecule has 0 spiro atoms. The molecule has 3 aromatic rings. The van der Waals surface area contributed by atoms with Gasteiger partial charge in [-0.05, 0) is 43.2 Å². The van der Waals surface area contributed by atoms with Crippen LogP contribution in [0.15, 0.2) is 42.7 Å². The summed E-state index contributed by atoms with van der Waals surface area (Å²) < 4.78 is 0. The number of H-pyrrole nitrogens is 1. The minimum atomic E-state index is -0.0958. The third-order valence-electron chi connectivity index (χ3n) is 3.29. The van der Waals surface area contributed by atoms with Gasteiger partial charge in [0.05, 0.1) is 16.6 Å². The van der Waals surface area contributed by atoms with Crippen molar-refractivity contribution < 1.29 is 4.79 Å². The molecule has 0 atom stereocenters. The van der Waals surface area contributed by atoms with E-state index < -0.39 is 0 Å². The number of fused-ring (bicyclic) bond motifs is 1. The Hall–Kier alpha value is -2.69. The number of amides is 1. The van der Waals surface area contributed by atoms with Gasteiger partial charge in [0.25, 0.3) is 5.91 Å². The number of nitrogens with one attached hydrogen (secondary N) is 2. The van der Waals surface area contributed by atoms with Gasteiger partial charge >= 0.3 is 0 Å². The number of imidazole rings is 1. The number of hydrogen-bond donors (Lipinski definition) is 2. The topological polar surface area (TPSA) is 70.7 Å². The Morgan fingerprint density at radius 2 is 2.24 bits per heavy atom. The Labute approximate surface area is 122 Å². The standard InChI is InChI=1S/C16H16N4O/c1-11-19-14-5-4-12(9-15(14)20-11)6-8-18-16(21)13-3-2-7-17-10-13/h2-5,7,9-10H,6,8H2,1H3,(H,18,21)(H,19,20). The van der Waals surface area contributed by atoms with Crippen LogP contribution in [0.1, 0.15) is 21.7 Å². The summed E-state index contributed by atoms with van der Waals surface area (Å²) in [5.41, 5.74) is 3.74. The predicted octanol–water partition coefficient (Wildman–Crippen LogP) is 2.24. The van der Waals surface area contributed by atoms with Gasteiger partial charge in [-0.1, -0.05) is 6.07 Å². The number of hydrogen-bond acceptors (Lipinski definition) is 3. The molecular weight excluding hydrogens is 264 g/mol. The minimum absolute atomic E-state index is 0.0958. The summed E-state index contributed by atoms with van der Waals surface area (Å²) in [7, 11) is 0. The molecule has 1 aromatic carbocycles. The van der Waals surface area contributed by atoms with E-state index in [2.05, 4.69) is 26.3 Å². The molecule has 2 heterocycles. The Kier molecular flexibility index (Phi) is 3.64. The van der Waals surface area contributed by atoms with Crippen molar-refractivity contribution in [2.75, 3.05) is 6.54 Å². The fraction of sp³-hybridized carbons (Fsp3) is 0.188. The van der Waals surface area contributed by atoms with E-state index in [9.17, 15) is 4.79 Å². The van der Waals surface area contributed by atoms with Gasteiger partial charge in [0.2, 0.25) is 0 Å². The number of pyridine rings is 1. The second-order valence-electron chi connectivity index (χ2n) is 4.92. The quantitative estimate of drug-likeness (QED) is 0.770. The summed E-state index contributed by atoms with van der Waals surface area (Å²) >= 11 is 0. The Balaban J connectivity index is 1.60. The van der Waals surface area contributed by atoms with E-state index in [1.165, 1.54) is 0 Å². The van der Waals surface area contributed by atoms with Crippen molar-refractivity contribution in [3.8, 4) is 0 Å². The SMILES string of the molecule is Cc1nc2ccc(CCNC(=O)c3cccnc3)cc2[nH]1. The van der Waals surface area contributed by atoms with Crippen molar-refractivity contribution in [3.63, 3.8) is 0 Å². The highest BCUT2D eigenvalue weighted by Crippen LogP contribution is 2.13. The zero-order chi connectivity index (χ0) is 14.7. The maximum Gasteiger partial charge on any atom is 0.252 e. The molecule has 0 fully saturated rings. The van der Waals surface area contributed by atoms with E-state index >= 15 is 0 Å². The summed E-state index contributed by atoms with van der Waals surface area (Å²) in [5.74, 6) is 0.814. The van der Waals surface area contributed by atoms with Gasteiger partial charge in [-0.15, -0.1) is 0 Å². The molecule has 2 aromatic heterocycles. The van der Waals surface area contributed by atoms with Crippen molar-refractivity contribution in [1.82, 2.24) is 20.3 Å². The van der Waals surface area contributed by atoms with Crippen LogP contribution in [-0.2, 0) is 6.42 Å². The zero-order valence-corrected chi connectivity index (χ0v) is 11.8. The summed E-state index contributed by atoms with van der Waals surface area (Å²) in [6.45, 7) is 2.53. The summed E-state index contributed by atoms with van der Waals surface area (Å²) in [6, 6.07) is 9.62. The molecule has 0 aliphatic carbocycles. The molecule has 2 N–H and O–H groups in total. The van der Waals surface area contributed by atoms with Gasteiger partial charge in [0.15, 0.2) is 0 Å². The second kappa shape index (κ2) is 5.75. The first-order valence-electron chi connectivity index (χ1n) is 6.86. The maximum absolute atomic E-state index is 11.9. The Bertz CT molecular complexity index is 764. The van der Waals surface area contributed by atoms with Crippen LogP contribution < -0.4 is 5.32 Å². The molecule has 1 amide bonds. The molecule has 0 saturated heterocycles. The van der Waals surface area contributed by atoms with Gasteiger partial charge in [0.1, 0.15) is 5.82 Å². The van der Waals surface area contributed by atoms with Gasteiger partial charge < -0.3 is 10.3 Å². The van der Waals surface area contributed by atoms with E-state index in [1.54, 1.807) is 24.5 Å². The van der Waals surface area contributed by atoms with E-state index in [4.69, 9.17) is 0 Å². The number of carbonyl (C=O) groups excluding carboxylic acids is 1. The van der Waals surface area contributed by atoms with Crippen LogP contribution in [0.2, 0.25) is 0 Å². The number of nitrogens with zero attached hydrogens (tertiary/aromatic N) is 2. The third-order valence-corrected chi connectivity index (χ3v) is 3.29. The number of aryl methyl sites for hydroxylation is 1.